The fraction of sp³-hybridized carbons (Fsp3) is 0.348. The van der Waals surface area contributed by atoms with Gasteiger partial charge in [0.1, 0.15) is 18.7 Å². The van der Waals surface area contributed by atoms with Crippen LogP contribution in [-0.2, 0) is 13.1 Å². The largest absolute Gasteiger partial charge is 0.423 e. The van der Waals surface area contributed by atoms with Crippen LogP contribution >= 0.6 is 11.8 Å². The van der Waals surface area contributed by atoms with E-state index < -0.39 is 0 Å². The number of rotatable bonds is 6. The van der Waals surface area contributed by atoms with Gasteiger partial charge in [-0.25, -0.2) is 4.79 Å². The molecule has 3 aromatic rings. The lowest BCUT2D eigenvalue weighted by Crippen LogP contribution is -3.06. The van der Waals surface area contributed by atoms with Gasteiger partial charge in [-0.05, 0) is 54.5 Å². The highest BCUT2D eigenvalue weighted by atomic mass is 32.2. The van der Waals surface area contributed by atoms with Gasteiger partial charge in [0.2, 0.25) is 0 Å². The molecule has 1 N–H and O–H groups in total. The molecule has 4 heteroatoms. The van der Waals surface area contributed by atoms with E-state index in [9.17, 15) is 4.79 Å². The second-order valence-corrected chi connectivity index (χ2v) is 8.49. The molecule has 0 saturated carbocycles. The maximum Gasteiger partial charge on any atom is 0.336 e. The zero-order valence-electron chi connectivity index (χ0n) is 16.8. The first-order valence-electron chi connectivity index (χ1n) is 9.39. The molecule has 27 heavy (non-hydrogen) atoms. The maximum absolute atomic E-state index is 12.1. The van der Waals surface area contributed by atoms with Crippen LogP contribution in [0.2, 0.25) is 0 Å². The van der Waals surface area contributed by atoms with E-state index >= 15 is 0 Å². The van der Waals surface area contributed by atoms with E-state index in [0.717, 1.165) is 24.0 Å². The molecule has 0 radical (unpaired) electrons. The van der Waals surface area contributed by atoms with Gasteiger partial charge in [0.25, 0.3) is 0 Å². The molecule has 3 rings (SSSR count). The summed E-state index contributed by atoms with van der Waals surface area (Å²) in [6, 6.07) is 14.6. The number of quaternary nitrogens is 1. The topological polar surface area (TPSA) is 34.7 Å². The third-order valence-corrected chi connectivity index (χ3v) is 5.74. The van der Waals surface area contributed by atoms with Crippen molar-refractivity contribution in [2.45, 2.75) is 44.7 Å². The number of hydrogen-bond acceptors (Lipinski definition) is 3. The lowest BCUT2D eigenvalue weighted by molar-refractivity contribution is -0.907. The van der Waals surface area contributed by atoms with Gasteiger partial charge in [-0.1, -0.05) is 26.0 Å². The average Bonchev–Trinajstić information content (AvgIpc) is 2.61. The Morgan fingerprint density at radius 3 is 2.41 bits per heavy atom. The third-order valence-electron chi connectivity index (χ3n) is 5.00. The van der Waals surface area contributed by atoms with Crippen LogP contribution in [0.4, 0.5) is 0 Å². The zero-order chi connectivity index (χ0) is 19.6. The minimum absolute atomic E-state index is 0.272. The number of aryl methyl sites for hydroxylation is 1. The van der Waals surface area contributed by atoms with Gasteiger partial charge in [0, 0.05) is 27.5 Å². The normalized spacial score (nSPS) is 12.7. The lowest BCUT2D eigenvalue weighted by Gasteiger charge is -2.17. The van der Waals surface area contributed by atoms with Crippen LogP contribution in [0.1, 0.15) is 42.0 Å². The van der Waals surface area contributed by atoms with Crippen molar-refractivity contribution in [2.24, 2.45) is 0 Å². The Balaban J connectivity index is 1.90. The van der Waals surface area contributed by atoms with E-state index in [-0.39, 0.29) is 5.63 Å². The van der Waals surface area contributed by atoms with Crippen LogP contribution in [0.3, 0.4) is 0 Å². The molecule has 0 amide bonds. The quantitative estimate of drug-likeness (QED) is 0.513. The Morgan fingerprint density at radius 1 is 1.07 bits per heavy atom. The molecule has 1 aromatic heterocycles. The summed E-state index contributed by atoms with van der Waals surface area (Å²) in [5.41, 5.74) is 5.26. The van der Waals surface area contributed by atoms with Gasteiger partial charge >= 0.3 is 5.63 Å². The van der Waals surface area contributed by atoms with Gasteiger partial charge in [0.15, 0.2) is 0 Å². The van der Waals surface area contributed by atoms with E-state index in [0.29, 0.717) is 11.5 Å². The first kappa shape index (κ1) is 19.7. The van der Waals surface area contributed by atoms with Gasteiger partial charge in [0.05, 0.1) is 7.05 Å². The minimum atomic E-state index is -0.272. The highest BCUT2D eigenvalue weighted by Gasteiger charge is 2.14. The van der Waals surface area contributed by atoms with E-state index in [4.69, 9.17) is 4.42 Å². The summed E-state index contributed by atoms with van der Waals surface area (Å²) in [6.45, 7) is 8.18. The molecule has 142 valence electrons. The highest BCUT2D eigenvalue weighted by Crippen LogP contribution is 2.26. The molecule has 0 fully saturated rings. The second kappa shape index (κ2) is 8.32. The van der Waals surface area contributed by atoms with Crippen molar-refractivity contribution >= 4 is 22.7 Å². The molecule has 1 unspecified atom stereocenters. The summed E-state index contributed by atoms with van der Waals surface area (Å²) in [4.78, 5) is 14.7. The number of fused-ring (bicyclic) bond motifs is 1. The second-order valence-electron chi connectivity index (χ2n) is 7.61. The van der Waals surface area contributed by atoms with Crippen molar-refractivity contribution in [2.75, 3.05) is 13.3 Å². The summed E-state index contributed by atoms with van der Waals surface area (Å²) in [7, 11) is 2.17. The van der Waals surface area contributed by atoms with E-state index in [1.54, 1.807) is 17.8 Å². The van der Waals surface area contributed by atoms with Crippen LogP contribution in [-0.4, -0.2) is 13.3 Å². The van der Waals surface area contributed by atoms with E-state index in [1.807, 2.05) is 6.07 Å². The average molecular weight is 383 g/mol. The SMILES string of the molecule is CSc1ccc(C[NH+](C)Cc2cc(=O)oc3cc(C)c(C(C)C)cc23)cc1. The number of hydrogen-bond donors (Lipinski definition) is 1. The van der Waals surface area contributed by atoms with E-state index in [2.05, 4.69) is 64.4 Å². The Morgan fingerprint density at radius 2 is 1.78 bits per heavy atom. The van der Waals surface area contributed by atoms with Crippen LogP contribution in [0, 0.1) is 6.92 Å². The molecular weight excluding hydrogens is 354 g/mol. The predicted octanol–water partition coefficient (Wildman–Crippen LogP) is 4.16. The number of thioether (sulfide) groups is 1. The molecule has 1 heterocycles. The molecule has 0 aliphatic heterocycles. The lowest BCUT2D eigenvalue weighted by atomic mass is 9.95. The van der Waals surface area contributed by atoms with Crippen LogP contribution in [0.25, 0.3) is 11.0 Å². The first-order valence-corrected chi connectivity index (χ1v) is 10.6. The van der Waals surface area contributed by atoms with Crippen LogP contribution in [0.15, 0.2) is 56.6 Å². The van der Waals surface area contributed by atoms with Crippen LogP contribution in [0.5, 0.6) is 0 Å². The van der Waals surface area contributed by atoms with Gasteiger partial charge in [-0.15, -0.1) is 11.8 Å². The van der Waals surface area contributed by atoms with Crippen molar-refractivity contribution in [1.82, 2.24) is 0 Å². The third kappa shape index (κ3) is 4.63. The summed E-state index contributed by atoms with van der Waals surface area (Å²) in [5.74, 6) is 0.439. The Labute approximate surface area is 165 Å². The molecule has 0 spiro atoms. The standard InChI is InChI=1S/C23H27NO2S/c1-15(2)20-12-21-18(11-23(25)26-22(21)10-16(20)3)14-24(4)13-17-6-8-19(27-5)9-7-17/h6-12,15H,13-14H2,1-5H3/p+1. The zero-order valence-corrected chi connectivity index (χ0v) is 17.6. The molecule has 0 bridgehead atoms. The van der Waals surface area contributed by atoms with E-state index in [1.165, 1.54) is 26.5 Å². The summed E-state index contributed by atoms with van der Waals surface area (Å²) >= 11 is 1.75. The molecule has 0 aliphatic rings. The maximum atomic E-state index is 12.1. The number of nitrogens with one attached hydrogen (secondary N) is 1. The van der Waals surface area contributed by atoms with Crippen molar-refractivity contribution in [3.05, 3.63) is 75.1 Å². The summed E-state index contributed by atoms with van der Waals surface area (Å²) in [6.07, 6.45) is 2.09. The summed E-state index contributed by atoms with van der Waals surface area (Å²) in [5, 5.41) is 1.06. The molecule has 1 atom stereocenters. The van der Waals surface area contributed by atoms with Gasteiger partial charge in [-0.3, -0.25) is 0 Å². The molecular formula is C23H28NO2S+. The van der Waals surface area contributed by atoms with Crippen molar-refractivity contribution in [3.63, 3.8) is 0 Å². The van der Waals surface area contributed by atoms with Crippen molar-refractivity contribution in [1.29, 1.82) is 0 Å². The van der Waals surface area contributed by atoms with Gasteiger partial charge in [-0.2, -0.15) is 0 Å². The van der Waals surface area contributed by atoms with Crippen molar-refractivity contribution < 1.29 is 9.32 Å². The number of benzene rings is 2. The molecule has 3 nitrogen and oxygen atoms in total. The molecule has 2 aromatic carbocycles. The van der Waals surface area contributed by atoms with Gasteiger partial charge < -0.3 is 9.32 Å². The Kier molecular flexibility index (Phi) is 6.08. The highest BCUT2D eigenvalue weighted by molar-refractivity contribution is 7.98. The van der Waals surface area contributed by atoms with Crippen LogP contribution < -0.4 is 10.5 Å². The smallest absolute Gasteiger partial charge is 0.336 e. The molecule has 0 aliphatic carbocycles. The first-order chi connectivity index (χ1) is 12.9. The fourth-order valence-corrected chi connectivity index (χ4v) is 4.05. The monoisotopic (exact) mass is 382 g/mol. The minimum Gasteiger partial charge on any atom is -0.423 e. The fourth-order valence-electron chi connectivity index (χ4n) is 3.64. The Hall–Kier alpha value is -2.04. The summed E-state index contributed by atoms with van der Waals surface area (Å²) < 4.78 is 5.48. The Bertz CT molecular complexity index is 990. The van der Waals surface area contributed by atoms with Crippen molar-refractivity contribution in [3.8, 4) is 0 Å². The molecule has 0 saturated heterocycles. The predicted molar refractivity (Wildman–Crippen MR) is 114 cm³/mol.